The summed E-state index contributed by atoms with van der Waals surface area (Å²) in [4.78, 5) is 13.8. The van der Waals surface area contributed by atoms with Crippen LogP contribution in [0.15, 0.2) is 24.3 Å². The van der Waals surface area contributed by atoms with Gasteiger partial charge in [-0.1, -0.05) is 24.3 Å². The summed E-state index contributed by atoms with van der Waals surface area (Å²) in [6.45, 7) is 1.96. The Labute approximate surface area is 103 Å². The molecule has 1 atom stereocenters. The molecule has 2 heteroatoms. The second-order valence-electron chi connectivity index (χ2n) is 5.24. The predicted molar refractivity (Wildman–Crippen MR) is 68.1 cm³/mol. The number of ketones is 1. The third-order valence-corrected chi connectivity index (χ3v) is 4.19. The van der Waals surface area contributed by atoms with Crippen molar-refractivity contribution in [2.24, 2.45) is 0 Å². The molecular weight excluding hydrogens is 210 g/mol. The number of carbonyl (C=O) groups is 1. The average Bonchev–Trinajstić information content (AvgIpc) is 2.39. The van der Waals surface area contributed by atoms with Crippen LogP contribution in [0.4, 0.5) is 0 Å². The fraction of sp³-hybridized carbons (Fsp3) is 0.533. The number of nitrogens with zero attached hydrogens (tertiary/aromatic N) is 1. The summed E-state index contributed by atoms with van der Waals surface area (Å²) in [5.74, 6) is 0.442. The fourth-order valence-corrected chi connectivity index (χ4v) is 3.13. The Kier molecular flexibility index (Phi) is 2.98. The van der Waals surface area contributed by atoms with Crippen molar-refractivity contribution in [2.75, 3.05) is 13.1 Å². The summed E-state index contributed by atoms with van der Waals surface area (Å²) >= 11 is 0. The first-order chi connectivity index (χ1) is 8.33. The van der Waals surface area contributed by atoms with E-state index in [4.69, 9.17) is 0 Å². The average molecular weight is 229 g/mol. The van der Waals surface area contributed by atoms with E-state index in [-0.39, 0.29) is 0 Å². The number of piperidine rings is 1. The maximum atomic E-state index is 11.3. The zero-order valence-corrected chi connectivity index (χ0v) is 10.2. The number of hydrogen-bond acceptors (Lipinski definition) is 2. The summed E-state index contributed by atoms with van der Waals surface area (Å²) in [5, 5.41) is 0. The Hall–Kier alpha value is -1.15. The molecule has 1 unspecified atom stereocenters. The highest BCUT2D eigenvalue weighted by Gasteiger charge is 2.26. The van der Waals surface area contributed by atoms with Gasteiger partial charge in [0, 0.05) is 32.0 Å². The van der Waals surface area contributed by atoms with Crippen molar-refractivity contribution < 1.29 is 4.79 Å². The molecule has 2 aliphatic rings. The molecule has 90 valence electrons. The van der Waals surface area contributed by atoms with E-state index in [2.05, 4.69) is 29.2 Å². The number of benzene rings is 1. The van der Waals surface area contributed by atoms with E-state index >= 15 is 0 Å². The summed E-state index contributed by atoms with van der Waals surface area (Å²) in [5.41, 5.74) is 3.04. The molecular formula is C15H19NO. The number of aryl methyl sites for hydroxylation is 1. The van der Waals surface area contributed by atoms with Crippen LogP contribution in [0.2, 0.25) is 0 Å². The number of hydrogen-bond donors (Lipinski definition) is 0. The molecule has 1 aromatic rings. The predicted octanol–water partition coefficient (Wildman–Crippen LogP) is 2.21. The fourth-order valence-electron chi connectivity index (χ4n) is 3.13. The lowest BCUT2D eigenvalue weighted by Crippen LogP contribution is -2.44. The molecule has 0 bridgehead atoms. The maximum absolute atomic E-state index is 11.3. The molecule has 0 saturated carbocycles. The zero-order valence-electron chi connectivity index (χ0n) is 10.2. The SMILES string of the molecule is O=C1CCN(C2CCc3ccccc3C2)CC1. The molecule has 1 fully saturated rings. The molecule has 0 aromatic heterocycles. The summed E-state index contributed by atoms with van der Waals surface area (Å²) < 4.78 is 0. The second-order valence-corrected chi connectivity index (χ2v) is 5.24. The Morgan fingerprint density at radius 2 is 1.71 bits per heavy atom. The minimum absolute atomic E-state index is 0.442. The van der Waals surface area contributed by atoms with E-state index in [1.807, 2.05) is 0 Å². The van der Waals surface area contributed by atoms with Crippen LogP contribution in [0.1, 0.15) is 30.4 Å². The maximum Gasteiger partial charge on any atom is 0.135 e. The first-order valence-corrected chi connectivity index (χ1v) is 6.65. The van der Waals surface area contributed by atoms with Gasteiger partial charge in [-0.25, -0.2) is 0 Å². The molecule has 1 heterocycles. The highest BCUT2D eigenvalue weighted by Crippen LogP contribution is 2.25. The molecule has 1 saturated heterocycles. The van der Waals surface area contributed by atoms with Gasteiger partial charge in [0.15, 0.2) is 0 Å². The Balaban J connectivity index is 1.69. The van der Waals surface area contributed by atoms with E-state index < -0.39 is 0 Å². The van der Waals surface area contributed by atoms with Crippen molar-refractivity contribution in [2.45, 2.75) is 38.1 Å². The van der Waals surface area contributed by atoms with Gasteiger partial charge in [0.2, 0.25) is 0 Å². The van der Waals surface area contributed by atoms with Gasteiger partial charge in [-0.15, -0.1) is 0 Å². The summed E-state index contributed by atoms with van der Waals surface area (Å²) in [7, 11) is 0. The standard InChI is InChI=1S/C15H19NO/c17-15-7-9-16(10-8-15)14-6-5-12-3-1-2-4-13(12)11-14/h1-4,14H,5-11H2. The zero-order chi connectivity index (χ0) is 11.7. The van der Waals surface area contributed by atoms with Crippen molar-refractivity contribution in [1.82, 2.24) is 4.90 Å². The topological polar surface area (TPSA) is 20.3 Å². The van der Waals surface area contributed by atoms with Crippen LogP contribution in [0, 0.1) is 0 Å². The number of rotatable bonds is 1. The second kappa shape index (κ2) is 4.61. The van der Waals surface area contributed by atoms with Gasteiger partial charge in [0.1, 0.15) is 5.78 Å². The number of carbonyl (C=O) groups excluding carboxylic acids is 1. The minimum atomic E-state index is 0.442. The van der Waals surface area contributed by atoms with Gasteiger partial charge >= 0.3 is 0 Å². The molecule has 0 radical (unpaired) electrons. The number of likely N-dealkylation sites (tertiary alicyclic amines) is 1. The smallest absolute Gasteiger partial charge is 0.135 e. The van der Waals surface area contributed by atoms with Crippen LogP contribution in [0.3, 0.4) is 0 Å². The van der Waals surface area contributed by atoms with Crippen LogP contribution < -0.4 is 0 Å². The minimum Gasteiger partial charge on any atom is -0.300 e. The molecule has 17 heavy (non-hydrogen) atoms. The highest BCUT2D eigenvalue weighted by atomic mass is 16.1. The van der Waals surface area contributed by atoms with Crippen LogP contribution >= 0.6 is 0 Å². The normalized spacial score (nSPS) is 25.6. The molecule has 1 aromatic carbocycles. The van der Waals surface area contributed by atoms with Crippen LogP contribution in [0.5, 0.6) is 0 Å². The lowest BCUT2D eigenvalue weighted by atomic mass is 9.87. The van der Waals surface area contributed by atoms with Gasteiger partial charge in [-0.05, 0) is 30.4 Å². The van der Waals surface area contributed by atoms with Gasteiger partial charge in [0.05, 0.1) is 0 Å². The van der Waals surface area contributed by atoms with Crippen LogP contribution in [-0.2, 0) is 17.6 Å². The lowest BCUT2D eigenvalue weighted by molar-refractivity contribution is -0.121. The van der Waals surface area contributed by atoms with E-state index in [9.17, 15) is 4.79 Å². The van der Waals surface area contributed by atoms with Crippen LogP contribution in [0.25, 0.3) is 0 Å². The van der Waals surface area contributed by atoms with E-state index in [1.165, 1.54) is 30.4 Å². The van der Waals surface area contributed by atoms with E-state index in [0.717, 1.165) is 25.9 Å². The Bertz CT molecular complexity index is 417. The third kappa shape index (κ3) is 2.27. The molecule has 1 aliphatic carbocycles. The monoisotopic (exact) mass is 229 g/mol. The molecule has 1 aliphatic heterocycles. The Morgan fingerprint density at radius 1 is 1.00 bits per heavy atom. The molecule has 2 nitrogen and oxygen atoms in total. The van der Waals surface area contributed by atoms with Crippen molar-refractivity contribution >= 4 is 5.78 Å². The van der Waals surface area contributed by atoms with Crippen LogP contribution in [-0.4, -0.2) is 29.8 Å². The number of Topliss-reactive ketones (excluding diaryl/α,β-unsaturated/α-hetero) is 1. The quantitative estimate of drug-likeness (QED) is 0.736. The summed E-state index contributed by atoms with van der Waals surface area (Å²) in [6, 6.07) is 9.46. The van der Waals surface area contributed by atoms with E-state index in [1.54, 1.807) is 0 Å². The van der Waals surface area contributed by atoms with Gasteiger partial charge in [0.25, 0.3) is 0 Å². The molecule has 0 amide bonds. The largest absolute Gasteiger partial charge is 0.300 e. The van der Waals surface area contributed by atoms with Crippen molar-refractivity contribution in [3.8, 4) is 0 Å². The van der Waals surface area contributed by atoms with Gasteiger partial charge < -0.3 is 0 Å². The third-order valence-electron chi connectivity index (χ3n) is 4.19. The molecule has 0 spiro atoms. The van der Waals surface area contributed by atoms with Crippen molar-refractivity contribution in [3.63, 3.8) is 0 Å². The molecule has 3 rings (SSSR count). The molecule has 0 N–H and O–H groups in total. The lowest BCUT2D eigenvalue weighted by Gasteiger charge is -2.37. The van der Waals surface area contributed by atoms with Crippen molar-refractivity contribution in [3.05, 3.63) is 35.4 Å². The highest BCUT2D eigenvalue weighted by molar-refractivity contribution is 5.79. The van der Waals surface area contributed by atoms with Gasteiger partial charge in [-0.2, -0.15) is 0 Å². The number of fused-ring (bicyclic) bond motifs is 1. The van der Waals surface area contributed by atoms with E-state index in [0.29, 0.717) is 11.8 Å². The van der Waals surface area contributed by atoms with Gasteiger partial charge in [-0.3, -0.25) is 9.69 Å². The Morgan fingerprint density at radius 3 is 2.47 bits per heavy atom. The summed E-state index contributed by atoms with van der Waals surface area (Å²) in [6.07, 6.45) is 5.15. The van der Waals surface area contributed by atoms with Crippen molar-refractivity contribution in [1.29, 1.82) is 0 Å². The first-order valence-electron chi connectivity index (χ1n) is 6.65. The first kappa shape index (κ1) is 11.0.